The Morgan fingerprint density at radius 2 is 2.22 bits per heavy atom. The van der Waals surface area contributed by atoms with Gasteiger partial charge in [-0.1, -0.05) is 6.92 Å². The van der Waals surface area contributed by atoms with Gasteiger partial charge in [0.1, 0.15) is 11.9 Å². The molecule has 0 saturated carbocycles. The maximum Gasteiger partial charge on any atom is 0.339 e. The average molecular weight is 250 g/mol. The molecule has 0 saturated heterocycles. The van der Waals surface area contributed by atoms with E-state index in [0.29, 0.717) is 12.1 Å². The Labute approximate surface area is 102 Å². The molecule has 2 rings (SSSR count). The molecule has 0 atom stereocenters. The lowest BCUT2D eigenvalue weighted by atomic mass is 10.3. The molecule has 1 N–H and O–H groups in total. The first-order valence-electron chi connectivity index (χ1n) is 5.34. The quantitative estimate of drug-likeness (QED) is 0.889. The largest absolute Gasteiger partial charge is 0.478 e. The summed E-state index contributed by atoms with van der Waals surface area (Å²) in [7, 11) is 0. The van der Waals surface area contributed by atoms with Crippen LogP contribution in [-0.2, 0) is 6.42 Å². The van der Waals surface area contributed by atoms with E-state index in [2.05, 4.69) is 15.1 Å². The lowest BCUT2D eigenvalue weighted by Gasteiger charge is -2.04. The highest BCUT2D eigenvalue weighted by Gasteiger charge is 2.17. The monoisotopic (exact) mass is 250 g/mol. The standard InChI is InChI=1S/C11H11FN4O2/c1-3-8-9(12)10(14-5-13-8)16-4-7(11(17)18)6(2)15-16/h4-5H,3H2,1-2H3,(H,17,18). The Hall–Kier alpha value is -2.31. The maximum atomic E-state index is 14.0. The lowest BCUT2D eigenvalue weighted by Crippen LogP contribution is -2.06. The zero-order valence-corrected chi connectivity index (χ0v) is 9.88. The molecule has 94 valence electrons. The molecule has 2 heterocycles. The molecule has 0 amide bonds. The molecule has 6 nitrogen and oxygen atoms in total. The predicted octanol–water partition coefficient (Wildman–Crippen LogP) is 1.37. The normalized spacial score (nSPS) is 10.6. The van der Waals surface area contributed by atoms with Crippen molar-refractivity contribution in [1.29, 1.82) is 0 Å². The third-order valence-corrected chi connectivity index (χ3v) is 2.52. The Kier molecular flexibility index (Phi) is 3.05. The summed E-state index contributed by atoms with van der Waals surface area (Å²) in [6.45, 7) is 3.31. The van der Waals surface area contributed by atoms with Crippen molar-refractivity contribution in [2.75, 3.05) is 0 Å². The number of aryl methyl sites for hydroxylation is 2. The fourth-order valence-corrected chi connectivity index (χ4v) is 1.58. The minimum Gasteiger partial charge on any atom is -0.478 e. The van der Waals surface area contributed by atoms with Crippen LogP contribution < -0.4 is 0 Å². The molecule has 0 aromatic carbocycles. The highest BCUT2D eigenvalue weighted by atomic mass is 19.1. The van der Waals surface area contributed by atoms with E-state index in [4.69, 9.17) is 5.11 Å². The van der Waals surface area contributed by atoms with Crippen LogP contribution in [0, 0.1) is 12.7 Å². The van der Waals surface area contributed by atoms with E-state index in [0.717, 1.165) is 4.68 Å². The van der Waals surface area contributed by atoms with E-state index in [1.165, 1.54) is 12.5 Å². The van der Waals surface area contributed by atoms with E-state index in [1.807, 2.05) is 0 Å². The Morgan fingerprint density at radius 3 is 2.78 bits per heavy atom. The van der Waals surface area contributed by atoms with Crippen LogP contribution in [0.25, 0.3) is 5.82 Å². The molecule has 7 heteroatoms. The number of carbonyl (C=O) groups is 1. The van der Waals surface area contributed by atoms with Gasteiger partial charge in [0.2, 0.25) is 0 Å². The van der Waals surface area contributed by atoms with Gasteiger partial charge in [0.15, 0.2) is 11.6 Å². The summed E-state index contributed by atoms with van der Waals surface area (Å²) in [5.74, 6) is -1.74. The highest BCUT2D eigenvalue weighted by molar-refractivity contribution is 5.88. The highest BCUT2D eigenvalue weighted by Crippen LogP contribution is 2.15. The van der Waals surface area contributed by atoms with Crippen LogP contribution in [-0.4, -0.2) is 30.8 Å². The molecule has 0 radical (unpaired) electrons. The first-order valence-corrected chi connectivity index (χ1v) is 5.34. The summed E-state index contributed by atoms with van der Waals surface area (Å²) in [6, 6.07) is 0. The molecule has 0 spiro atoms. The Morgan fingerprint density at radius 1 is 1.50 bits per heavy atom. The molecule has 0 aliphatic heterocycles. The number of aromatic carboxylic acids is 1. The lowest BCUT2D eigenvalue weighted by molar-refractivity contribution is 0.0696. The van der Waals surface area contributed by atoms with Crippen molar-refractivity contribution >= 4 is 5.97 Å². The van der Waals surface area contributed by atoms with Gasteiger partial charge in [-0.05, 0) is 13.3 Å². The minimum absolute atomic E-state index is 0.0195. The molecule has 18 heavy (non-hydrogen) atoms. The summed E-state index contributed by atoms with van der Waals surface area (Å²) in [5, 5.41) is 12.9. The van der Waals surface area contributed by atoms with Crippen LogP contribution in [0.4, 0.5) is 4.39 Å². The average Bonchev–Trinajstić information content (AvgIpc) is 2.71. The summed E-state index contributed by atoms with van der Waals surface area (Å²) >= 11 is 0. The number of halogens is 1. The molecule has 0 aliphatic rings. The van der Waals surface area contributed by atoms with Gasteiger partial charge in [0.25, 0.3) is 0 Å². The number of hydrogen-bond donors (Lipinski definition) is 1. The van der Waals surface area contributed by atoms with Crippen molar-refractivity contribution in [1.82, 2.24) is 19.7 Å². The van der Waals surface area contributed by atoms with Crippen LogP contribution in [0.15, 0.2) is 12.5 Å². The van der Waals surface area contributed by atoms with Gasteiger partial charge in [-0.15, -0.1) is 0 Å². The van der Waals surface area contributed by atoms with Crippen molar-refractivity contribution in [3.8, 4) is 5.82 Å². The zero-order valence-electron chi connectivity index (χ0n) is 9.88. The molecule has 0 bridgehead atoms. The van der Waals surface area contributed by atoms with Gasteiger partial charge in [0.05, 0.1) is 11.4 Å². The molecule has 0 unspecified atom stereocenters. The SMILES string of the molecule is CCc1ncnc(-n2cc(C(=O)O)c(C)n2)c1F. The van der Waals surface area contributed by atoms with Crippen LogP contribution in [0.3, 0.4) is 0 Å². The Bertz CT molecular complexity index is 609. The van der Waals surface area contributed by atoms with Crippen LogP contribution in [0.1, 0.15) is 28.7 Å². The summed E-state index contributed by atoms with van der Waals surface area (Å²) in [6.07, 6.45) is 2.89. The molecular formula is C11H11FN4O2. The van der Waals surface area contributed by atoms with E-state index in [-0.39, 0.29) is 17.1 Å². The van der Waals surface area contributed by atoms with Gasteiger partial charge in [-0.3, -0.25) is 0 Å². The second-order valence-electron chi connectivity index (χ2n) is 3.69. The number of aromatic nitrogens is 4. The molecule has 2 aromatic rings. The topological polar surface area (TPSA) is 80.9 Å². The second-order valence-corrected chi connectivity index (χ2v) is 3.69. The van der Waals surface area contributed by atoms with E-state index >= 15 is 0 Å². The van der Waals surface area contributed by atoms with Crippen molar-refractivity contribution in [2.45, 2.75) is 20.3 Å². The second kappa shape index (κ2) is 4.52. The molecule has 0 aliphatic carbocycles. The maximum absolute atomic E-state index is 14.0. The number of rotatable bonds is 3. The zero-order chi connectivity index (χ0) is 13.3. The number of carboxylic acids is 1. The van der Waals surface area contributed by atoms with Gasteiger partial charge >= 0.3 is 5.97 Å². The summed E-state index contributed by atoms with van der Waals surface area (Å²) < 4.78 is 15.1. The van der Waals surface area contributed by atoms with Crippen molar-refractivity contribution in [2.24, 2.45) is 0 Å². The number of hydrogen-bond acceptors (Lipinski definition) is 4. The summed E-state index contributed by atoms with van der Waals surface area (Å²) in [5.41, 5.74) is 0.592. The van der Waals surface area contributed by atoms with Crippen LogP contribution in [0.5, 0.6) is 0 Å². The first kappa shape index (κ1) is 12.2. The van der Waals surface area contributed by atoms with Crippen molar-refractivity contribution in [3.05, 3.63) is 35.3 Å². The van der Waals surface area contributed by atoms with Gasteiger partial charge in [-0.25, -0.2) is 23.8 Å². The Balaban J connectivity index is 2.56. The fraction of sp³-hybridized carbons (Fsp3) is 0.273. The van der Waals surface area contributed by atoms with Crippen LogP contribution >= 0.6 is 0 Å². The first-order chi connectivity index (χ1) is 8.54. The minimum atomic E-state index is -1.11. The van der Waals surface area contributed by atoms with Crippen LogP contribution in [0.2, 0.25) is 0 Å². The molecule has 0 fully saturated rings. The third kappa shape index (κ3) is 1.94. The third-order valence-electron chi connectivity index (χ3n) is 2.52. The smallest absolute Gasteiger partial charge is 0.339 e. The van der Waals surface area contributed by atoms with Gasteiger partial charge in [0, 0.05) is 6.20 Å². The van der Waals surface area contributed by atoms with Gasteiger partial charge in [-0.2, -0.15) is 5.10 Å². The van der Waals surface area contributed by atoms with Gasteiger partial charge < -0.3 is 5.11 Å². The van der Waals surface area contributed by atoms with E-state index in [1.54, 1.807) is 13.8 Å². The molecular weight excluding hydrogens is 239 g/mol. The van der Waals surface area contributed by atoms with Crippen molar-refractivity contribution in [3.63, 3.8) is 0 Å². The van der Waals surface area contributed by atoms with E-state index < -0.39 is 11.8 Å². The van der Waals surface area contributed by atoms with Crippen molar-refractivity contribution < 1.29 is 14.3 Å². The fourth-order valence-electron chi connectivity index (χ4n) is 1.58. The number of carboxylic acid groups (broad SMARTS) is 1. The summed E-state index contributed by atoms with van der Waals surface area (Å²) in [4.78, 5) is 18.5. The predicted molar refractivity (Wildman–Crippen MR) is 60.2 cm³/mol. The van der Waals surface area contributed by atoms with E-state index in [9.17, 15) is 9.18 Å². The number of nitrogens with zero attached hydrogens (tertiary/aromatic N) is 4. The molecule has 2 aromatic heterocycles.